The van der Waals surface area contributed by atoms with Crippen molar-refractivity contribution in [1.29, 1.82) is 0 Å². The molecule has 1 nitrogen and oxygen atoms in total. The predicted molar refractivity (Wildman–Crippen MR) is 54.4 cm³/mol. The first-order valence-corrected chi connectivity index (χ1v) is 5.19. The van der Waals surface area contributed by atoms with Crippen LogP contribution in [0.25, 0.3) is 0 Å². The molecule has 0 aliphatic heterocycles. The number of hydrogen-bond donors (Lipinski definition) is 1. The molecule has 1 aromatic heterocycles. The molecule has 2 aromatic rings. The first kappa shape index (κ1) is 7.37. The number of para-hydroxylation sites is 1. The molecule has 0 aliphatic rings. The van der Waals surface area contributed by atoms with Gasteiger partial charge >= 0.3 is 0 Å². The van der Waals surface area contributed by atoms with E-state index in [1.165, 1.54) is 5.69 Å². The van der Waals surface area contributed by atoms with E-state index in [1.54, 1.807) is 0 Å². The molecular weight excluding hydrogens is 166 g/mol. The first-order chi connectivity index (χ1) is 5.95. The highest BCUT2D eigenvalue weighted by molar-refractivity contribution is 7.30. The summed E-state index contributed by atoms with van der Waals surface area (Å²) in [4.78, 5) is 0. The van der Waals surface area contributed by atoms with Crippen LogP contribution in [-0.4, -0.2) is 0 Å². The third-order valence-electron chi connectivity index (χ3n) is 1.57. The molecule has 0 fully saturated rings. The quantitative estimate of drug-likeness (QED) is 0.692. The molecule has 0 atom stereocenters. The van der Waals surface area contributed by atoms with Gasteiger partial charge in [-0.15, -0.1) is 0 Å². The molecule has 12 heavy (non-hydrogen) atoms. The van der Waals surface area contributed by atoms with E-state index < -0.39 is 0 Å². The molecule has 0 unspecified atom stereocenters. The number of nitrogens with one attached hydrogen (secondary N) is 1. The highest BCUT2D eigenvalue weighted by atomic mass is 32.2. The van der Waals surface area contributed by atoms with Crippen LogP contribution < -0.4 is 4.72 Å². The minimum atomic E-state index is 0.111. The molecule has 0 spiro atoms. The van der Waals surface area contributed by atoms with Gasteiger partial charge in [0.2, 0.25) is 0 Å². The lowest BCUT2D eigenvalue weighted by molar-refractivity contribution is 1.68. The van der Waals surface area contributed by atoms with Gasteiger partial charge in [-0.3, -0.25) is 0 Å². The van der Waals surface area contributed by atoms with E-state index in [1.807, 2.05) is 18.2 Å². The number of rotatable bonds is 2. The van der Waals surface area contributed by atoms with Crippen molar-refractivity contribution < 1.29 is 0 Å². The Morgan fingerprint density at radius 1 is 0.833 bits per heavy atom. The summed E-state index contributed by atoms with van der Waals surface area (Å²) in [7, 11) is 0.111. The van der Waals surface area contributed by atoms with Gasteiger partial charge in [0.25, 0.3) is 0 Å². The van der Waals surface area contributed by atoms with Gasteiger partial charge in [0.1, 0.15) is 0 Å². The Balaban J connectivity index is 2.15. The van der Waals surface area contributed by atoms with Gasteiger partial charge in [0.15, 0.2) is 10.8 Å². The maximum Gasteiger partial charge on any atom is 0.165 e. The summed E-state index contributed by atoms with van der Waals surface area (Å²) < 4.78 is 3.40. The van der Waals surface area contributed by atoms with E-state index >= 15 is 0 Å². The van der Waals surface area contributed by atoms with Crippen molar-refractivity contribution in [2.45, 2.75) is 0 Å². The van der Waals surface area contributed by atoms with Crippen LogP contribution in [0.3, 0.4) is 0 Å². The fourth-order valence-corrected chi connectivity index (χ4v) is 2.17. The molecule has 2 heteroatoms. The van der Waals surface area contributed by atoms with Crippen molar-refractivity contribution in [3.05, 3.63) is 53.2 Å². The molecule has 0 aliphatic carbocycles. The second-order valence-corrected chi connectivity index (χ2v) is 3.99. The summed E-state index contributed by atoms with van der Waals surface area (Å²) in [5.74, 6) is 0. The minimum absolute atomic E-state index is 0.111. The largest absolute Gasteiger partial charge is 0.187 e. The van der Waals surface area contributed by atoms with Crippen LogP contribution in [0.1, 0.15) is 0 Å². The Kier molecular flexibility index (Phi) is 2.10. The molecule has 2 rings (SSSR count). The van der Waals surface area contributed by atoms with Crippen LogP contribution in [0.15, 0.2) is 53.2 Å². The second kappa shape index (κ2) is 3.41. The number of hydrogen-bond acceptors (Lipinski definition) is 1. The van der Waals surface area contributed by atoms with Crippen LogP contribution in [-0.2, 0) is 0 Å². The topological polar surface area (TPSA) is 12.0 Å². The molecule has 0 radical (unpaired) electrons. The summed E-state index contributed by atoms with van der Waals surface area (Å²) >= 11 is 0. The van der Waals surface area contributed by atoms with Gasteiger partial charge in [0.05, 0.1) is 16.3 Å². The maximum absolute atomic E-state index is 3.40. The van der Waals surface area contributed by atoms with Gasteiger partial charge in [-0.25, -0.2) is 0 Å². The molecular formula is C10H10NS+. The first-order valence-electron chi connectivity index (χ1n) is 3.84. The minimum Gasteiger partial charge on any atom is -0.187 e. The molecule has 1 heterocycles. The van der Waals surface area contributed by atoms with E-state index in [4.69, 9.17) is 0 Å². The van der Waals surface area contributed by atoms with Gasteiger partial charge in [0, 0.05) is 0 Å². The van der Waals surface area contributed by atoms with Crippen molar-refractivity contribution in [2.75, 3.05) is 4.72 Å². The maximum atomic E-state index is 3.40. The van der Waals surface area contributed by atoms with Crippen LogP contribution in [0.4, 0.5) is 5.69 Å². The zero-order valence-electron chi connectivity index (χ0n) is 6.60. The fourth-order valence-electron chi connectivity index (χ4n) is 1.02. The third-order valence-corrected chi connectivity index (χ3v) is 2.94. The van der Waals surface area contributed by atoms with Crippen LogP contribution in [0.2, 0.25) is 0 Å². The smallest absolute Gasteiger partial charge is 0.165 e. The van der Waals surface area contributed by atoms with Gasteiger partial charge in [-0.2, -0.15) is 4.72 Å². The van der Waals surface area contributed by atoms with Crippen molar-refractivity contribution in [2.24, 2.45) is 0 Å². The molecule has 0 saturated carbocycles. The average Bonchev–Trinajstić information content (AvgIpc) is 2.59. The molecule has 0 saturated heterocycles. The Bertz CT molecular complexity index is 326. The molecule has 1 aromatic carbocycles. The normalized spacial score (nSPS) is 9.67. The summed E-state index contributed by atoms with van der Waals surface area (Å²) in [5, 5.41) is 4.32. The van der Waals surface area contributed by atoms with Crippen molar-refractivity contribution >= 4 is 16.3 Å². The lowest BCUT2D eigenvalue weighted by Gasteiger charge is -1.93. The van der Waals surface area contributed by atoms with Crippen molar-refractivity contribution in [3.8, 4) is 0 Å². The van der Waals surface area contributed by atoms with E-state index in [0.29, 0.717) is 0 Å². The average molecular weight is 176 g/mol. The summed E-state index contributed by atoms with van der Waals surface area (Å²) in [5.41, 5.74) is 1.18. The van der Waals surface area contributed by atoms with Crippen molar-refractivity contribution in [1.82, 2.24) is 0 Å². The van der Waals surface area contributed by atoms with E-state index in [0.717, 1.165) is 0 Å². The van der Waals surface area contributed by atoms with Crippen molar-refractivity contribution in [3.63, 3.8) is 0 Å². The number of anilines is 1. The standard InChI is InChI=1S/C10H10NS/c1-2-6-10(7-3-1)11-12-8-4-5-9-12/h1-9,11H/q+1. The molecule has 1 N–H and O–H groups in total. The zero-order valence-corrected chi connectivity index (χ0v) is 7.42. The lowest BCUT2D eigenvalue weighted by Crippen LogP contribution is -1.83. The van der Waals surface area contributed by atoms with Gasteiger partial charge in [-0.05, 0) is 24.3 Å². The number of thiophene rings is 1. The summed E-state index contributed by atoms with van der Waals surface area (Å²) in [6.45, 7) is 0. The summed E-state index contributed by atoms with van der Waals surface area (Å²) in [6.07, 6.45) is 0. The molecule has 0 amide bonds. The Morgan fingerprint density at radius 3 is 2.17 bits per heavy atom. The fraction of sp³-hybridized carbons (Fsp3) is 0. The van der Waals surface area contributed by atoms with E-state index in [2.05, 4.69) is 39.7 Å². The van der Waals surface area contributed by atoms with Gasteiger partial charge in [-0.1, -0.05) is 18.2 Å². The van der Waals surface area contributed by atoms with E-state index in [-0.39, 0.29) is 10.7 Å². The molecule has 0 bridgehead atoms. The van der Waals surface area contributed by atoms with Crippen LogP contribution in [0.5, 0.6) is 0 Å². The zero-order chi connectivity index (χ0) is 8.23. The highest BCUT2D eigenvalue weighted by Crippen LogP contribution is 2.19. The molecule has 60 valence electrons. The highest BCUT2D eigenvalue weighted by Gasteiger charge is 1.99. The SMILES string of the molecule is c1ccc(N[s+]2cccc2)cc1. The monoisotopic (exact) mass is 176 g/mol. The predicted octanol–water partition coefficient (Wildman–Crippen LogP) is 3.31. The second-order valence-electron chi connectivity index (χ2n) is 2.50. The lowest BCUT2D eigenvalue weighted by atomic mass is 10.3. The van der Waals surface area contributed by atoms with Gasteiger partial charge < -0.3 is 0 Å². The van der Waals surface area contributed by atoms with Crippen LogP contribution in [0, 0.1) is 0 Å². The number of benzene rings is 1. The Labute approximate surface area is 74.8 Å². The third kappa shape index (κ3) is 1.66. The van der Waals surface area contributed by atoms with Crippen LogP contribution >= 0.6 is 10.7 Å². The Morgan fingerprint density at radius 2 is 1.50 bits per heavy atom. The van der Waals surface area contributed by atoms with E-state index in [9.17, 15) is 0 Å². The summed E-state index contributed by atoms with van der Waals surface area (Å²) in [6, 6.07) is 14.4. The Hall–Kier alpha value is -1.28.